The Morgan fingerprint density at radius 1 is 0.935 bits per heavy atom. The van der Waals surface area contributed by atoms with Gasteiger partial charge in [-0.1, -0.05) is 0 Å². The fraction of sp³-hybridized carbons (Fsp3) is 0.130. The van der Waals surface area contributed by atoms with Gasteiger partial charge in [0.05, 0.1) is 38.9 Å². The highest BCUT2D eigenvalue weighted by molar-refractivity contribution is 5.86. The quantitative estimate of drug-likeness (QED) is 0.448. The topological polar surface area (TPSA) is 74.1 Å². The van der Waals surface area contributed by atoms with Crippen LogP contribution in [0.4, 0.5) is 10.1 Å². The molecule has 4 aromatic rings. The molecule has 7 nitrogen and oxygen atoms in total. The molecule has 158 valence electrons. The Morgan fingerprint density at radius 3 is 2.19 bits per heavy atom. The number of anilines is 1. The Labute approximate surface area is 178 Å². The number of carbonyl (C=O) groups is 1. The second kappa shape index (κ2) is 8.35. The van der Waals surface area contributed by atoms with Crippen LogP contribution in [-0.4, -0.2) is 37.1 Å². The number of imidazole rings is 1. The van der Waals surface area contributed by atoms with E-state index in [1.54, 1.807) is 39.7 Å². The van der Waals surface area contributed by atoms with Crippen molar-refractivity contribution in [2.75, 3.05) is 26.6 Å². The third kappa shape index (κ3) is 3.63. The normalized spacial score (nSPS) is 10.7. The van der Waals surface area contributed by atoms with Crippen molar-refractivity contribution in [3.05, 3.63) is 60.7 Å². The summed E-state index contributed by atoms with van der Waals surface area (Å²) in [5.41, 5.74) is 4.17. The second-order valence-electron chi connectivity index (χ2n) is 6.66. The molecule has 4 rings (SSSR count). The number of benzene rings is 2. The predicted molar refractivity (Wildman–Crippen MR) is 115 cm³/mol. The molecule has 1 N–H and O–H groups in total. The highest BCUT2D eigenvalue weighted by Crippen LogP contribution is 2.42. The molecular formula is C23H20FN3O4. The van der Waals surface area contributed by atoms with Gasteiger partial charge in [0.15, 0.2) is 17.1 Å². The molecule has 0 fully saturated rings. The average Bonchev–Trinajstić information content (AvgIpc) is 3.23. The molecule has 31 heavy (non-hydrogen) atoms. The number of aromatic nitrogens is 2. The number of amides is 1. The van der Waals surface area contributed by atoms with E-state index in [1.807, 2.05) is 28.8 Å². The van der Waals surface area contributed by atoms with E-state index in [0.29, 0.717) is 35.0 Å². The lowest BCUT2D eigenvalue weighted by Gasteiger charge is -2.15. The van der Waals surface area contributed by atoms with Crippen molar-refractivity contribution < 1.29 is 23.4 Å². The number of carbonyl (C=O) groups excluding carboxylic acids is 1. The van der Waals surface area contributed by atoms with Crippen LogP contribution in [0.5, 0.6) is 17.2 Å². The third-order valence-electron chi connectivity index (χ3n) is 4.96. The fourth-order valence-corrected chi connectivity index (χ4v) is 3.50. The summed E-state index contributed by atoms with van der Waals surface area (Å²) in [5, 5.41) is 2.70. The molecular weight excluding hydrogens is 401 g/mol. The van der Waals surface area contributed by atoms with Crippen LogP contribution in [-0.2, 0) is 4.79 Å². The maximum atomic E-state index is 13.4. The fourth-order valence-electron chi connectivity index (χ4n) is 3.50. The number of hydrogen-bond donors (Lipinski definition) is 1. The molecule has 2 aromatic carbocycles. The zero-order valence-corrected chi connectivity index (χ0v) is 17.2. The smallest absolute Gasteiger partial charge is 0.211 e. The summed E-state index contributed by atoms with van der Waals surface area (Å²) in [4.78, 5) is 15.7. The molecule has 1 amide bonds. The Kier molecular flexibility index (Phi) is 5.44. The van der Waals surface area contributed by atoms with Gasteiger partial charge in [-0.25, -0.2) is 9.37 Å². The van der Waals surface area contributed by atoms with E-state index in [2.05, 4.69) is 10.3 Å². The van der Waals surface area contributed by atoms with Crippen molar-refractivity contribution in [1.82, 2.24) is 9.38 Å². The standard InChI is InChI=1S/C23H20FN3O4/c1-29-20-9-15(10-21(30-2)22(20)31-3)16-8-18(26-13-28)23-25-11-19(27(23)12-16)14-4-6-17(24)7-5-14/h4-13H,1-3H3,(H,26,28). The number of hydrogen-bond acceptors (Lipinski definition) is 5. The molecule has 0 aliphatic heterocycles. The van der Waals surface area contributed by atoms with Crippen molar-refractivity contribution >= 4 is 17.7 Å². The minimum Gasteiger partial charge on any atom is -0.493 e. The van der Waals surface area contributed by atoms with Gasteiger partial charge in [-0.3, -0.25) is 9.20 Å². The van der Waals surface area contributed by atoms with Gasteiger partial charge in [-0.2, -0.15) is 0 Å². The number of fused-ring (bicyclic) bond motifs is 1. The first kappa shape index (κ1) is 20.2. The SMILES string of the molecule is COc1cc(-c2cc(NC=O)c3ncc(-c4ccc(F)cc4)n3c2)cc(OC)c1OC. The molecule has 0 aliphatic carbocycles. The van der Waals surface area contributed by atoms with Crippen molar-refractivity contribution in [3.63, 3.8) is 0 Å². The maximum absolute atomic E-state index is 13.4. The van der Waals surface area contributed by atoms with Crippen molar-refractivity contribution in [2.24, 2.45) is 0 Å². The van der Waals surface area contributed by atoms with Crippen LogP contribution in [0.2, 0.25) is 0 Å². The summed E-state index contributed by atoms with van der Waals surface area (Å²) >= 11 is 0. The van der Waals surface area contributed by atoms with E-state index < -0.39 is 0 Å². The third-order valence-corrected chi connectivity index (χ3v) is 4.96. The minimum absolute atomic E-state index is 0.320. The van der Waals surface area contributed by atoms with Gasteiger partial charge in [-0.15, -0.1) is 0 Å². The highest BCUT2D eigenvalue weighted by atomic mass is 19.1. The molecule has 2 aromatic heterocycles. The number of nitrogens with one attached hydrogen (secondary N) is 1. The lowest BCUT2D eigenvalue weighted by Crippen LogP contribution is -2.00. The summed E-state index contributed by atoms with van der Waals surface area (Å²) in [7, 11) is 4.64. The zero-order valence-electron chi connectivity index (χ0n) is 17.2. The first-order valence-electron chi connectivity index (χ1n) is 9.37. The number of halogens is 1. The van der Waals surface area contributed by atoms with E-state index in [9.17, 15) is 9.18 Å². The number of rotatable bonds is 7. The van der Waals surface area contributed by atoms with Crippen molar-refractivity contribution in [1.29, 1.82) is 0 Å². The van der Waals surface area contributed by atoms with Gasteiger partial charge in [0.25, 0.3) is 0 Å². The second-order valence-corrected chi connectivity index (χ2v) is 6.66. The van der Waals surface area contributed by atoms with Crippen LogP contribution in [0.15, 0.2) is 54.9 Å². The maximum Gasteiger partial charge on any atom is 0.211 e. The van der Waals surface area contributed by atoms with Gasteiger partial charge in [0, 0.05) is 17.3 Å². The summed E-state index contributed by atoms with van der Waals surface area (Å²) in [6.07, 6.45) is 4.16. The zero-order chi connectivity index (χ0) is 22.0. The molecule has 0 radical (unpaired) electrons. The van der Waals surface area contributed by atoms with Crippen LogP contribution in [0.25, 0.3) is 28.0 Å². The first-order chi connectivity index (χ1) is 15.1. The molecule has 0 atom stereocenters. The Bertz CT molecular complexity index is 1230. The molecule has 0 saturated carbocycles. The summed E-state index contributed by atoms with van der Waals surface area (Å²) in [5.74, 6) is 1.17. The monoisotopic (exact) mass is 421 g/mol. The van der Waals surface area contributed by atoms with Crippen LogP contribution >= 0.6 is 0 Å². The molecule has 8 heteroatoms. The lowest BCUT2D eigenvalue weighted by atomic mass is 10.1. The van der Waals surface area contributed by atoms with Crippen molar-refractivity contribution in [3.8, 4) is 39.6 Å². The molecule has 0 bridgehead atoms. The Hall–Kier alpha value is -4.07. The van der Waals surface area contributed by atoms with E-state index >= 15 is 0 Å². The number of ether oxygens (including phenoxy) is 3. The predicted octanol–water partition coefficient (Wildman–Crippen LogP) is 4.40. The molecule has 2 heterocycles. The van der Waals surface area contributed by atoms with Crippen molar-refractivity contribution in [2.45, 2.75) is 0 Å². The first-order valence-corrected chi connectivity index (χ1v) is 9.37. The van der Waals surface area contributed by atoms with E-state index in [4.69, 9.17) is 14.2 Å². The van der Waals surface area contributed by atoms with Gasteiger partial charge < -0.3 is 19.5 Å². The van der Waals surface area contributed by atoms with Crippen LogP contribution < -0.4 is 19.5 Å². The number of nitrogens with zero attached hydrogens (tertiary/aromatic N) is 2. The molecule has 0 aliphatic rings. The lowest BCUT2D eigenvalue weighted by molar-refractivity contribution is -0.105. The van der Waals surface area contributed by atoms with Gasteiger partial charge in [0.2, 0.25) is 12.2 Å². The average molecular weight is 421 g/mol. The van der Waals surface area contributed by atoms with Gasteiger partial charge in [0.1, 0.15) is 5.82 Å². The van der Waals surface area contributed by atoms with E-state index in [0.717, 1.165) is 22.4 Å². The van der Waals surface area contributed by atoms with Crippen LogP contribution in [0.3, 0.4) is 0 Å². The van der Waals surface area contributed by atoms with E-state index in [-0.39, 0.29) is 5.82 Å². The molecule has 0 saturated heterocycles. The van der Waals surface area contributed by atoms with E-state index in [1.165, 1.54) is 12.1 Å². The Balaban J connectivity index is 1.95. The summed E-state index contributed by atoms with van der Waals surface area (Å²) < 4.78 is 31.6. The molecule has 0 spiro atoms. The minimum atomic E-state index is -0.320. The largest absolute Gasteiger partial charge is 0.493 e. The van der Waals surface area contributed by atoms with Crippen LogP contribution in [0.1, 0.15) is 0 Å². The Morgan fingerprint density at radius 2 is 1.61 bits per heavy atom. The number of methoxy groups -OCH3 is 3. The number of pyridine rings is 1. The van der Waals surface area contributed by atoms with Gasteiger partial charge in [-0.05, 0) is 48.0 Å². The molecule has 0 unspecified atom stereocenters. The van der Waals surface area contributed by atoms with Gasteiger partial charge >= 0.3 is 0 Å². The van der Waals surface area contributed by atoms with Crippen LogP contribution in [0, 0.1) is 5.82 Å². The highest BCUT2D eigenvalue weighted by Gasteiger charge is 2.17. The summed E-state index contributed by atoms with van der Waals surface area (Å²) in [6, 6.07) is 11.6. The summed E-state index contributed by atoms with van der Waals surface area (Å²) in [6.45, 7) is 0.